The molecule has 414 valence electrons. The van der Waals surface area contributed by atoms with Crippen LogP contribution in [0.3, 0.4) is 0 Å². The molecule has 0 fully saturated rings. The topological polar surface area (TPSA) is 105 Å². The highest BCUT2D eigenvalue weighted by Gasteiger charge is 2.27. The second-order valence-corrected chi connectivity index (χ2v) is 23.5. The van der Waals surface area contributed by atoms with Crippen molar-refractivity contribution >= 4 is 13.7 Å². The summed E-state index contributed by atoms with van der Waals surface area (Å²) in [5.41, 5.74) is 0. The first-order valence-electron chi connectivity index (χ1n) is 30.4. The van der Waals surface area contributed by atoms with Crippen LogP contribution in [0, 0.1) is 0 Å². The van der Waals surface area contributed by atoms with Crippen molar-refractivity contribution in [2.24, 2.45) is 0 Å². The Morgan fingerprint density at radius 3 is 1.19 bits per heavy atom. The Morgan fingerprint density at radius 1 is 0.486 bits per heavy atom. The number of hydrogen-bond donors (Lipinski definition) is 3. The Kier molecular flexibility index (Phi) is 51.6. The van der Waals surface area contributed by atoms with E-state index in [-0.39, 0.29) is 19.1 Å². The quantitative estimate of drug-likeness (QED) is 0.0243. The molecule has 0 saturated carbocycles. The van der Waals surface area contributed by atoms with Crippen molar-refractivity contribution in [3.63, 3.8) is 0 Å². The fourth-order valence-electron chi connectivity index (χ4n) is 9.08. The third-order valence-corrected chi connectivity index (χ3v) is 14.8. The number of carbonyl (C=O) groups is 1. The van der Waals surface area contributed by atoms with Crippen LogP contribution in [0.15, 0.2) is 36.5 Å². The number of rotatable bonds is 56. The van der Waals surface area contributed by atoms with E-state index in [0.717, 1.165) is 51.4 Å². The largest absolute Gasteiger partial charge is 0.472 e. The predicted molar refractivity (Wildman–Crippen MR) is 304 cm³/mol. The highest BCUT2D eigenvalue weighted by Crippen LogP contribution is 2.43. The van der Waals surface area contributed by atoms with Gasteiger partial charge in [0, 0.05) is 6.42 Å². The molecule has 3 N–H and O–H groups in total. The lowest BCUT2D eigenvalue weighted by Gasteiger charge is -2.25. The van der Waals surface area contributed by atoms with Gasteiger partial charge in [0.15, 0.2) is 0 Å². The lowest BCUT2D eigenvalue weighted by atomic mass is 10.0. The van der Waals surface area contributed by atoms with E-state index in [1.165, 1.54) is 225 Å². The van der Waals surface area contributed by atoms with Gasteiger partial charge in [0.05, 0.1) is 39.9 Å². The third-order valence-electron chi connectivity index (χ3n) is 13.9. The average molecular weight is 1010 g/mol. The van der Waals surface area contributed by atoms with Crippen LogP contribution >= 0.6 is 7.82 Å². The monoisotopic (exact) mass is 1010 g/mol. The highest BCUT2D eigenvalue weighted by atomic mass is 31.2. The summed E-state index contributed by atoms with van der Waals surface area (Å²) in [4.78, 5) is 23.3. The van der Waals surface area contributed by atoms with E-state index < -0.39 is 20.0 Å². The molecular formula is C61H120N2O6P+. The second-order valence-electron chi connectivity index (χ2n) is 22.1. The molecule has 0 aliphatic heterocycles. The fourth-order valence-corrected chi connectivity index (χ4v) is 9.81. The molecule has 1 amide bonds. The molecule has 0 aliphatic rings. The number of nitrogens with zero attached hydrogens (tertiary/aromatic N) is 1. The summed E-state index contributed by atoms with van der Waals surface area (Å²) in [6, 6.07) is -0.851. The van der Waals surface area contributed by atoms with Crippen molar-refractivity contribution in [3.05, 3.63) is 36.5 Å². The zero-order valence-corrected chi connectivity index (χ0v) is 48.2. The summed E-state index contributed by atoms with van der Waals surface area (Å²) in [5.74, 6) is -0.182. The van der Waals surface area contributed by atoms with Crippen LogP contribution < -0.4 is 5.32 Å². The number of unbranched alkanes of at least 4 members (excludes halogenated alkanes) is 39. The molecule has 70 heavy (non-hydrogen) atoms. The Bertz CT molecular complexity index is 1230. The van der Waals surface area contributed by atoms with E-state index in [0.29, 0.717) is 17.4 Å². The maximum atomic E-state index is 13.0. The number of phosphoric ester groups is 1. The summed E-state index contributed by atoms with van der Waals surface area (Å²) >= 11 is 0. The van der Waals surface area contributed by atoms with E-state index in [1.54, 1.807) is 6.08 Å². The smallest absolute Gasteiger partial charge is 0.387 e. The number of nitrogens with one attached hydrogen (secondary N) is 1. The fraction of sp³-hybridized carbons (Fsp3) is 0.885. The van der Waals surface area contributed by atoms with Crippen molar-refractivity contribution in [1.29, 1.82) is 0 Å². The second kappa shape index (κ2) is 52.6. The van der Waals surface area contributed by atoms with E-state index >= 15 is 0 Å². The zero-order chi connectivity index (χ0) is 51.3. The Balaban J connectivity index is 4.12. The van der Waals surface area contributed by atoms with Gasteiger partial charge < -0.3 is 19.8 Å². The number of aliphatic hydroxyl groups is 1. The number of phosphoric acid groups is 1. The molecular weight excluding hydrogens is 888 g/mol. The average Bonchev–Trinajstić information content (AvgIpc) is 3.32. The normalized spacial score (nSPS) is 14.1. The van der Waals surface area contributed by atoms with Crippen molar-refractivity contribution in [3.8, 4) is 0 Å². The maximum absolute atomic E-state index is 13.0. The van der Waals surface area contributed by atoms with Crippen LogP contribution in [0.5, 0.6) is 0 Å². The highest BCUT2D eigenvalue weighted by molar-refractivity contribution is 7.47. The summed E-state index contributed by atoms with van der Waals surface area (Å²) in [5, 5.41) is 14.0. The van der Waals surface area contributed by atoms with Gasteiger partial charge in [-0.05, 0) is 51.4 Å². The van der Waals surface area contributed by atoms with E-state index in [2.05, 4.69) is 43.5 Å². The van der Waals surface area contributed by atoms with Gasteiger partial charge in [-0.3, -0.25) is 13.8 Å². The molecule has 8 nitrogen and oxygen atoms in total. The molecule has 0 aromatic heterocycles. The molecule has 0 heterocycles. The number of allylic oxidation sites excluding steroid dienone is 5. The van der Waals surface area contributed by atoms with Crippen molar-refractivity contribution in [1.82, 2.24) is 5.32 Å². The maximum Gasteiger partial charge on any atom is 0.472 e. The van der Waals surface area contributed by atoms with Gasteiger partial charge in [-0.15, -0.1) is 0 Å². The van der Waals surface area contributed by atoms with Crippen LogP contribution in [0.1, 0.15) is 296 Å². The predicted octanol–water partition coefficient (Wildman–Crippen LogP) is 18.5. The number of quaternary nitrogens is 1. The minimum atomic E-state index is -4.35. The molecule has 0 aromatic carbocycles. The zero-order valence-electron chi connectivity index (χ0n) is 47.3. The number of carbonyl (C=O) groups excluding carboxylic acids is 1. The first-order valence-corrected chi connectivity index (χ1v) is 31.9. The van der Waals surface area contributed by atoms with E-state index in [9.17, 15) is 19.4 Å². The van der Waals surface area contributed by atoms with E-state index in [4.69, 9.17) is 9.05 Å². The number of likely N-dealkylation sites (N-methyl/N-ethyl adjacent to an activating group) is 1. The van der Waals surface area contributed by atoms with Crippen LogP contribution in [0.2, 0.25) is 0 Å². The van der Waals surface area contributed by atoms with Gasteiger partial charge in [0.25, 0.3) is 0 Å². The molecule has 0 rings (SSSR count). The van der Waals surface area contributed by atoms with Gasteiger partial charge in [-0.1, -0.05) is 275 Å². The van der Waals surface area contributed by atoms with Gasteiger partial charge in [0.2, 0.25) is 5.91 Å². The molecule has 9 heteroatoms. The molecule has 3 atom stereocenters. The Morgan fingerprint density at radius 2 is 0.814 bits per heavy atom. The van der Waals surface area contributed by atoms with Crippen LogP contribution in [-0.2, 0) is 18.4 Å². The molecule has 0 aromatic rings. The van der Waals surface area contributed by atoms with Crippen molar-refractivity contribution < 1.29 is 32.9 Å². The molecule has 0 spiro atoms. The summed E-state index contributed by atoms with van der Waals surface area (Å²) < 4.78 is 23.7. The lowest BCUT2D eigenvalue weighted by Crippen LogP contribution is -2.45. The van der Waals surface area contributed by atoms with Gasteiger partial charge in [0.1, 0.15) is 13.2 Å². The minimum absolute atomic E-state index is 0.0602. The minimum Gasteiger partial charge on any atom is -0.387 e. The molecule has 0 aliphatic carbocycles. The standard InChI is InChI=1S/C61H119N2O6P/c1-6-8-10-12-14-16-18-20-22-24-26-27-28-29-30-31-32-33-34-35-36-37-38-40-42-44-46-48-50-52-54-60(64)59(58-69-70(66,67)68-57-56-63(3,4)5)62-61(65)55-53-51-49-47-45-43-41-39-25-23-21-19-17-15-13-11-9-7-2/h17,19,23,25,52,54,59-60,64H,6-16,18,20-22,24,26-51,53,55-58H2,1-5H3,(H-,62,65,66,67)/p+1/b19-17-,25-23-,54-52+. The van der Waals surface area contributed by atoms with Gasteiger partial charge in [-0.25, -0.2) is 4.57 Å². The Labute approximate surface area is 436 Å². The van der Waals surface area contributed by atoms with Crippen LogP contribution in [0.25, 0.3) is 0 Å². The first kappa shape index (κ1) is 68.7. The summed E-state index contributed by atoms with van der Waals surface area (Å²) in [6.45, 7) is 4.83. The molecule has 3 unspecified atom stereocenters. The van der Waals surface area contributed by atoms with Crippen LogP contribution in [0.4, 0.5) is 0 Å². The van der Waals surface area contributed by atoms with Crippen molar-refractivity contribution in [2.45, 2.75) is 309 Å². The summed E-state index contributed by atoms with van der Waals surface area (Å²) in [7, 11) is 1.57. The number of aliphatic hydroxyl groups excluding tert-OH is 1. The van der Waals surface area contributed by atoms with Crippen molar-refractivity contribution in [2.75, 3.05) is 40.9 Å². The van der Waals surface area contributed by atoms with E-state index in [1.807, 2.05) is 27.2 Å². The molecule has 0 bridgehead atoms. The third kappa shape index (κ3) is 54.5. The molecule has 0 radical (unpaired) electrons. The Hall–Kier alpha value is -1.28. The SMILES string of the molecule is CCCCCC/C=C\C/C=C\CCCCCCCCCC(=O)NC(COP(=O)(O)OCC[N+](C)(C)C)C(O)/C=C/CCCCCCCCCCCCCCCCCCCCCCCCCCCCCC. The van der Waals surface area contributed by atoms with Crippen LogP contribution in [-0.4, -0.2) is 73.4 Å². The van der Waals surface area contributed by atoms with Gasteiger partial charge >= 0.3 is 7.82 Å². The number of amides is 1. The molecule has 0 saturated heterocycles. The number of hydrogen-bond acceptors (Lipinski definition) is 5. The van der Waals surface area contributed by atoms with Gasteiger partial charge in [-0.2, -0.15) is 0 Å². The lowest BCUT2D eigenvalue weighted by molar-refractivity contribution is -0.870. The first-order chi connectivity index (χ1) is 34.0. The summed E-state index contributed by atoms with van der Waals surface area (Å²) in [6.07, 6.45) is 68.3.